The molecular formula is C19H18N2O3S2. The van der Waals surface area contributed by atoms with E-state index in [9.17, 15) is 9.59 Å². The van der Waals surface area contributed by atoms with Crippen LogP contribution in [0.1, 0.15) is 24.3 Å². The number of thiazole rings is 1. The third-order valence-electron chi connectivity index (χ3n) is 3.73. The van der Waals surface area contributed by atoms with Crippen LogP contribution in [0.4, 0.5) is 5.69 Å². The molecule has 0 fully saturated rings. The van der Waals surface area contributed by atoms with E-state index in [4.69, 9.17) is 4.74 Å². The fraction of sp³-hybridized carbons (Fsp3) is 0.211. The zero-order valence-corrected chi connectivity index (χ0v) is 16.0. The Kier molecular flexibility index (Phi) is 5.80. The third kappa shape index (κ3) is 4.00. The molecule has 2 aromatic heterocycles. The number of rotatable bonds is 6. The van der Waals surface area contributed by atoms with Crippen molar-refractivity contribution in [3.8, 4) is 9.88 Å². The molecule has 26 heavy (non-hydrogen) atoms. The van der Waals surface area contributed by atoms with Gasteiger partial charge in [0.15, 0.2) is 11.8 Å². The van der Waals surface area contributed by atoms with Gasteiger partial charge >= 0.3 is 5.97 Å². The van der Waals surface area contributed by atoms with E-state index in [2.05, 4.69) is 4.98 Å². The average molecular weight is 386 g/mol. The van der Waals surface area contributed by atoms with Gasteiger partial charge in [0.2, 0.25) is 0 Å². The maximum Gasteiger partial charge on any atom is 0.358 e. The minimum Gasteiger partial charge on any atom is -0.448 e. The van der Waals surface area contributed by atoms with E-state index in [-0.39, 0.29) is 11.6 Å². The van der Waals surface area contributed by atoms with Crippen LogP contribution in [0.5, 0.6) is 0 Å². The molecule has 2 heterocycles. The van der Waals surface area contributed by atoms with Crippen molar-refractivity contribution in [2.75, 3.05) is 11.4 Å². The van der Waals surface area contributed by atoms with E-state index >= 15 is 0 Å². The standard InChI is InChI=1S/C19H18N2O3S2/c1-3-21(14-8-5-4-6-9-14)18(22)13(2)24-19(23)15-12-26-17(20-15)16-10-7-11-25-16/h4-13H,3H2,1-2H3/t13-/m0/s1. The number of aromatic nitrogens is 1. The number of carbonyl (C=O) groups excluding carboxylic acids is 2. The molecule has 0 saturated carbocycles. The summed E-state index contributed by atoms with van der Waals surface area (Å²) < 4.78 is 5.35. The lowest BCUT2D eigenvalue weighted by Crippen LogP contribution is -2.40. The maximum absolute atomic E-state index is 12.7. The summed E-state index contributed by atoms with van der Waals surface area (Å²) in [6.45, 7) is 3.95. The van der Waals surface area contributed by atoms with E-state index in [0.29, 0.717) is 6.54 Å². The van der Waals surface area contributed by atoms with Crippen LogP contribution in [0, 0.1) is 0 Å². The van der Waals surface area contributed by atoms with Crippen molar-refractivity contribution in [3.63, 3.8) is 0 Å². The lowest BCUT2D eigenvalue weighted by molar-refractivity contribution is -0.126. The predicted octanol–water partition coefficient (Wildman–Crippen LogP) is 4.47. The van der Waals surface area contributed by atoms with Crippen LogP contribution >= 0.6 is 22.7 Å². The number of benzene rings is 1. The van der Waals surface area contributed by atoms with Gasteiger partial charge in [0.25, 0.3) is 5.91 Å². The van der Waals surface area contributed by atoms with Crippen molar-refractivity contribution in [3.05, 3.63) is 58.9 Å². The van der Waals surface area contributed by atoms with E-state index < -0.39 is 12.1 Å². The number of hydrogen-bond donors (Lipinski definition) is 0. The van der Waals surface area contributed by atoms with Gasteiger partial charge in [0.05, 0.1) is 4.88 Å². The highest BCUT2D eigenvalue weighted by atomic mass is 32.1. The van der Waals surface area contributed by atoms with E-state index in [1.54, 1.807) is 28.5 Å². The molecule has 1 atom stereocenters. The number of amides is 1. The monoisotopic (exact) mass is 386 g/mol. The maximum atomic E-state index is 12.7. The predicted molar refractivity (Wildman–Crippen MR) is 105 cm³/mol. The number of likely N-dealkylation sites (N-methyl/N-ethyl adjacent to an activating group) is 1. The topological polar surface area (TPSA) is 59.5 Å². The molecule has 3 rings (SSSR count). The number of esters is 1. The number of anilines is 1. The van der Waals surface area contributed by atoms with Gasteiger partial charge in [-0.1, -0.05) is 24.3 Å². The molecule has 0 spiro atoms. The second-order valence-electron chi connectivity index (χ2n) is 5.48. The van der Waals surface area contributed by atoms with Gasteiger partial charge in [0.1, 0.15) is 5.01 Å². The Morgan fingerprint density at radius 1 is 1.15 bits per heavy atom. The van der Waals surface area contributed by atoms with Crippen LogP contribution in [-0.2, 0) is 9.53 Å². The molecule has 1 aromatic carbocycles. The summed E-state index contributed by atoms with van der Waals surface area (Å²) in [6.07, 6.45) is -0.894. The second-order valence-corrected chi connectivity index (χ2v) is 7.29. The van der Waals surface area contributed by atoms with Gasteiger partial charge in [0, 0.05) is 17.6 Å². The molecule has 0 bridgehead atoms. The fourth-order valence-corrected chi connectivity index (χ4v) is 4.05. The van der Waals surface area contributed by atoms with Crippen molar-refractivity contribution in [1.29, 1.82) is 0 Å². The smallest absolute Gasteiger partial charge is 0.358 e. The number of carbonyl (C=O) groups is 2. The number of nitrogens with zero attached hydrogens (tertiary/aromatic N) is 2. The van der Waals surface area contributed by atoms with Crippen LogP contribution in [0.15, 0.2) is 53.2 Å². The molecule has 0 N–H and O–H groups in total. The van der Waals surface area contributed by atoms with Crippen molar-refractivity contribution < 1.29 is 14.3 Å². The van der Waals surface area contributed by atoms with Gasteiger partial charge in [-0.15, -0.1) is 22.7 Å². The minimum absolute atomic E-state index is 0.223. The molecule has 1 amide bonds. The summed E-state index contributed by atoms with van der Waals surface area (Å²) in [5, 5.41) is 4.38. The summed E-state index contributed by atoms with van der Waals surface area (Å²) in [5.41, 5.74) is 0.998. The lowest BCUT2D eigenvalue weighted by Gasteiger charge is -2.24. The summed E-state index contributed by atoms with van der Waals surface area (Å²) in [6, 6.07) is 13.2. The Balaban J connectivity index is 1.68. The summed E-state index contributed by atoms with van der Waals surface area (Å²) in [7, 11) is 0. The molecule has 0 unspecified atom stereocenters. The molecule has 134 valence electrons. The second kappa shape index (κ2) is 8.25. The van der Waals surface area contributed by atoms with E-state index in [1.165, 1.54) is 11.3 Å². The Labute approximate surface area is 159 Å². The normalized spacial score (nSPS) is 11.8. The molecule has 0 saturated heterocycles. The third-order valence-corrected chi connectivity index (χ3v) is 5.61. The summed E-state index contributed by atoms with van der Waals surface area (Å²) in [5.74, 6) is -0.852. The number of ether oxygens (including phenoxy) is 1. The van der Waals surface area contributed by atoms with E-state index in [1.807, 2.05) is 54.8 Å². The first kappa shape index (κ1) is 18.3. The quantitative estimate of drug-likeness (QED) is 0.587. The molecular weight excluding hydrogens is 368 g/mol. The lowest BCUT2D eigenvalue weighted by atomic mass is 10.2. The molecule has 7 heteroatoms. The SMILES string of the molecule is CCN(C(=O)[C@H](C)OC(=O)c1csc(-c2cccs2)n1)c1ccccc1. The van der Waals surface area contributed by atoms with Gasteiger partial charge in [-0.2, -0.15) is 0 Å². The van der Waals surface area contributed by atoms with Crippen molar-refractivity contribution in [2.24, 2.45) is 0 Å². The van der Waals surface area contributed by atoms with Gasteiger partial charge < -0.3 is 9.64 Å². The Bertz CT molecular complexity index is 875. The summed E-state index contributed by atoms with van der Waals surface area (Å²) >= 11 is 2.94. The number of para-hydroxylation sites is 1. The van der Waals surface area contributed by atoms with Crippen LogP contribution in [-0.4, -0.2) is 29.5 Å². The van der Waals surface area contributed by atoms with Gasteiger partial charge in [-0.3, -0.25) is 4.79 Å². The molecule has 0 aliphatic heterocycles. The van der Waals surface area contributed by atoms with Crippen LogP contribution in [0.3, 0.4) is 0 Å². The average Bonchev–Trinajstić information content (AvgIpc) is 3.34. The van der Waals surface area contributed by atoms with Crippen LogP contribution in [0.25, 0.3) is 9.88 Å². The van der Waals surface area contributed by atoms with Gasteiger partial charge in [-0.25, -0.2) is 9.78 Å². The zero-order chi connectivity index (χ0) is 18.5. The molecule has 0 aliphatic rings. The highest BCUT2D eigenvalue weighted by Gasteiger charge is 2.25. The van der Waals surface area contributed by atoms with Crippen LogP contribution < -0.4 is 4.90 Å². The first-order chi connectivity index (χ1) is 12.6. The number of hydrogen-bond acceptors (Lipinski definition) is 6. The Morgan fingerprint density at radius 2 is 1.92 bits per heavy atom. The summed E-state index contributed by atoms with van der Waals surface area (Å²) in [4.78, 5) is 31.9. The first-order valence-corrected chi connectivity index (χ1v) is 9.93. The first-order valence-electron chi connectivity index (χ1n) is 8.17. The zero-order valence-electron chi connectivity index (χ0n) is 14.4. The highest BCUT2D eigenvalue weighted by Crippen LogP contribution is 2.28. The van der Waals surface area contributed by atoms with Crippen molar-refractivity contribution >= 4 is 40.2 Å². The van der Waals surface area contributed by atoms with E-state index in [0.717, 1.165) is 15.6 Å². The largest absolute Gasteiger partial charge is 0.448 e. The van der Waals surface area contributed by atoms with Crippen molar-refractivity contribution in [2.45, 2.75) is 20.0 Å². The molecule has 3 aromatic rings. The Morgan fingerprint density at radius 3 is 2.58 bits per heavy atom. The van der Waals surface area contributed by atoms with Crippen LogP contribution in [0.2, 0.25) is 0 Å². The Hall–Kier alpha value is -2.51. The molecule has 0 radical (unpaired) electrons. The molecule has 5 nitrogen and oxygen atoms in total. The van der Waals surface area contributed by atoms with Gasteiger partial charge in [-0.05, 0) is 37.4 Å². The molecule has 0 aliphatic carbocycles. The minimum atomic E-state index is -0.894. The fourth-order valence-electron chi connectivity index (χ4n) is 2.45. The van der Waals surface area contributed by atoms with Crippen molar-refractivity contribution in [1.82, 2.24) is 4.98 Å². The highest BCUT2D eigenvalue weighted by molar-refractivity contribution is 7.20. The number of thiophene rings is 1.